The maximum atomic E-state index is 12.7. The average Bonchev–Trinajstić information content (AvgIpc) is 2.97. The lowest BCUT2D eigenvalue weighted by atomic mass is 10.1. The van der Waals surface area contributed by atoms with Crippen LogP contribution < -0.4 is 15.1 Å². The number of rotatable bonds is 5. The van der Waals surface area contributed by atoms with E-state index >= 15 is 0 Å². The average molecular weight is 387 g/mol. The number of hydrogen-bond donors (Lipinski definition) is 1. The van der Waals surface area contributed by atoms with E-state index in [4.69, 9.17) is 4.74 Å². The molecule has 0 fully saturated rings. The van der Waals surface area contributed by atoms with Gasteiger partial charge in [0.15, 0.2) is 0 Å². The molecule has 0 atom stereocenters. The van der Waals surface area contributed by atoms with Gasteiger partial charge in [-0.3, -0.25) is 19.3 Å². The molecule has 1 aliphatic heterocycles. The van der Waals surface area contributed by atoms with Crippen LogP contribution in [0.1, 0.15) is 22.8 Å². The number of nitrogens with one attached hydrogen (secondary N) is 1. The van der Waals surface area contributed by atoms with Gasteiger partial charge in [-0.2, -0.15) is 5.10 Å². The van der Waals surface area contributed by atoms with Crippen LogP contribution in [0.15, 0.2) is 65.8 Å². The second-order valence-corrected chi connectivity index (χ2v) is 6.53. The lowest BCUT2D eigenvalue weighted by Crippen LogP contribution is -2.37. The van der Waals surface area contributed by atoms with Crippen LogP contribution in [-0.2, 0) is 9.59 Å². The molecule has 7 heteroatoms. The van der Waals surface area contributed by atoms with Gasteiger partial charge in [-0.1, -0.05) is 24.3 Å². The topological polar surface area (TPSA) is 88.1 Å². The van der Waals surface area contributed by atoms with Crippen molar-refractivity contribution in [2.24, 2.45) is 5.10 Å². The molecule has 0 radical (unpaired) electrons. The summed E-state index contributed by atoms with van der Waals surface area (Å²) in [7, 11) is 0. The summed E-state index contributed by atoms with van der Waals surface area (Å²) in [5.41, 5.74) is 4.48. The van der Waals surface area contributed by atoms with Crippen molar-refractivity contribution in [1.29, 1.82) is 0 Å². The lowest BCUT2D eigenvalue weighted by Gasteiger charge is -2.16. The molecule has 0 saturated carbocycles. The first-order valence-corrected chi connectivity index (χ1v) is 8.97. The van der Waals surface area contributed by atoms with Gasteiger partial charge >= 0.3 is 5.97 Å². The molecule has 2 amide bonds. The first kappa shape index (κ1) is 18.4. The fourth-order valence-corrected chi connectivity index (χ4v) is 3.28. The summed E-state index contributed by atoms with van der Waals surface area (Å²) in [6.07, 6.45) is 1.47. The summed E-state index contributed by atoms with van der Waals surface area (Å²) in [5, 5.41) is 5.76. The Hall–Kier alpha value is -4.00. The molecule has 0 spiro atoms. The number of carbonyl (C=O) groups is 3. The summed E-state index contributed by atoms with van der Waals surface area (Å²) in [6.45, 7) is 1.20. The zero-order valence-corrected chi connectivity index (χ0v) is 15.6. The van der Waals surface area contributed by atoms with Crippen molar-refractivity contribution < 1.29 is 19.1 Å². The number of hydrogen-bond acceptors (Lipinski definition) is 5. The Morgan fingerprint density at radius 1 is 1.07 bits per heavy atom. The van der Waals surface area contributed by atoms with Gasteiger partial charge in [0.1, 0.15) is 12.3 Å². The highest BCUT2D eigenvalue weighted by atomic mass is 16.5. The molecule has 0 bridgehead atoms. The molecule has 29 heavy (non-hydrogen) atoms. The van der Waals surface area contributed by atoms with Gasteiger partial charge in [0.25, 0.3) is 11.8 Å². The number of hydrazone groups is 1. The largest absolute Gasteiger partial charge is 0.427 e. The van der Waals surface area contributed by atoms with Gasteiger partial charge in [-0.15, -0.1) is 0 Å². The Bertz CT molecular complexity index is 1150. The lowest BCUT2D eigenvalue weighted by molar-refractivity contribution is -0.131. The predicted molar refractivity (Wildman–Crippen MR) is 109 cm³/mol. The molecular formula is C22H17N3O4. The van der Waals surface area contributed by atoms with E-state index in [0.29, 0.717) is 11.3 Å². The second kappa shape index (κ2) is 7.55. The third-order valence-electron chi connectivity index (χ3n) is 4.50. The van der Waals surface area contributed by atoms with E-state index in [9.17, 15) is 14.4 Å². The third-order valence-corrected chi connectivity index (χ3v) is 4.50. The van der Waals surface area contributed by atoms with Crippen molar-refractivity contribution in [1.82, 2.24) is 5.43 Å². The van der Waals surface area contributed by atoms with Crippen molar-refractivity contribution in [2.45, 2.75) is 6.92 Å². The summed E-state index contributed by atoms with van der Waals surface area (Å²) >= 11 is 0. The fraction of sp³-hybridized carbons (Fsp3) is 0.0909. The number of carbonyl (C=O) groups excluding carboxylic acids is 3. The Kier molecular flexibility index (Phi) is 4.78. The van der Waals surface area contributed by atoms with Crippen molar-refractivity contribution in [2.75, 3.05) is 11.4 Å². The molecule has 0 aromatic heterocycles. The Balaban J connectivity index is 1.41. The normalized spacial score (nSPS) is 12.6. The highest BCUT2D eigenvalue weighted by Crippen LogP contribution is 2.36. The molecule has 4 rings (SSSR count). The number of anilines is 1. The SMILES string of the molecule is CC(=O)Oc1ccc(/C=N/NC(=O)CN2C(=O)c3cccc4cccc2c34)cc1. The minimum absolute atomic E-state index is 0.130. The van der Waals surface area contributed by atoms with Crippen molar-refractivity contribution in [3.63, 3.8) is 0 Å². The van der Waals surface area contributed by atoms with Crippen LogP contribution in [0.2, 0.25) is 0 Å². The van der Waals surface area contributed by atoms with Gasteiger partial charge in [-0.25, -0.2) is 5.43 Å². The highest BCUT2D eigenvalue weighted by molar-refractivity contribution is 6.26. The standard InChI is InChI=1S/C22H17N3O4/c1-14(26)29-17-10-8-15(9-11-17)12-23-24-20(27)13-25-19-7-3-5-16-4-2-6-18(21(16)19)22(25)28/h2-12H,13H2,1H3,(H,24,27)/b23-12+. The number of esters is 1. The quantitative estimate of drug-likeness (QED) is 0.316. The fourth-order valence-electron chi connectivity index (χ4n) is 3.28. The molecular weight excluding hydrogens is 370 g/mol. The summed E-state index contributed by atoms with van der Waals surface area (Å²) in [6, 6.07) is 17.8. The molecule has 3 aromatic carbocycles. The monoisotopic (exact) mass is 387 g/mol. The molecule has 144 valence electrons. The number of benzene rings is 3. The molecule has 1 aliphatic rings. The number of ether oxygens (including phenoxy) is 1. The zero-order chi connectivity index (χ0) is 20.4. The summed E-state index contributed by atoms with van der Waals surface area (Å²) < 4.78 is 4.96. The molecule has 0 unspecified atom stereocenters. The molecule has 1 heterocycles. The first-order valence-electron chi connectivity index (χ1n) is 8.97. The maximum Gasteiger partial charge on any atom is 0.308 e. The van der Waals surface area contributed by atoms with E-state index in [-0.39, 0.29) is 12.5 Å². The second-order valence-electron chi connectivity index (χ2n) is 6.53. The van der Waals surface area contributed by atoms with E-state index in [1.807, 2.05) is 30.3 Å². The van der Waals surface area contributed by atoms with Crippen LogP contribution in [0, 0.1) is 0 Å². The van der Waals surface area contributed by atoms with Gasteiger partial charge in [0.2, 0.25) is 0 Å². The molecule has 7 nitrogen and oxygen atoms in total. The van der Waals surface area contributed by atoms with Gasteiger partial charge in [0.05, 0.1) is 11.9 Å². The van der Waals surface area contributed by atoms with Crippen LogP contribution >= 0.6 is 0 Å². The minimum atomic E-state index is -0.407. The van der Waals surface area contributed by atoms with Crippen molar-refractivity contribution in [3.05, 3.63) is 71.8 Å². The van der Waals surface area contributed by atoms with E-state index in [1.165, 1.54) is 18.0 Å². The molecule has 3 aromatic rings. The Labute approximate surface area is 166 Å². The maximum absolute atomic E-state index is 12.7. The molecule has 0 aliphatic carbocycles. The van der Waals surface area contributed by atoms with E-state index in [2.05, 4.69) is 10.5 Å². The number of nitrogens with zero attached hydrogens (tertiary/aromatic N) is 2. The third kappa shape index (κ3) is 3.70. The van der Waals surface area contributed by atoms with Crippen LogP contribution in [0.3, 0.4) is 0 Å². The highest BCUT2D eigenvalue weighted by Gasteiger charge is 2.30. The van der Waals surface area contributed by atoms with Crippen LogP contribution in [-0.4, -0.2) is 30.5 Å². The van der Waals surface area contributed by atoms with E-state index in [1.54, 1.807) is 30.3 Å². The van der Waals surface area contributed by atoms with Gasteiger partial charge in [-0.05, 0) is 47.3 Å². The molecule has 1 N–H and O–H groups in total. The van der Waals surface area contributed by atoms with Crippen LogP contribution in [0.4, 0.5) is 5.69 Å². The van der Waals surface area contributed by atoms with Gasteiger partial charge in [0, 0.05) is 17.9 Å². The minimum Gasteiger partial charge on any atom is -0.427 e. The molecule has 0 saturated heterocycles. The summed E-state index contributed by atoms with van der Waals surface area (Å²) in [4.78, 5) is 37.4. The van der Waals surface area contributed by atoms with Crippen molar-refractivity contribution in [3.8, 4) is 5.75 Å². The van der Waals surface area contributed by atoms with E-state index < -0.39 is 11.9 Å². The van der Waals surface area contributed by atoms with Crippen molar-refractivity contribution >= 4 is 40.5 Å². The van der Waals surface area contributed by atoms with Gasteiger partial charge < -0.3 is 4.74 Å². The number of amides is 2. The first-order chi connectivity index (χ1) is 14.0. The van der Waals surface area contributed by atoms with E-state index in [0.717, 1.165) is 22.0 Å². The summed E-state index contributed by atoms with van der Waals surface area (Å²) in [5.74, 6) is -0.569. The zero-order valence-electron chi connectivity index (χ0n) is 15.6. The smallest absolute Gasteiger partial charge is 0.308 e. The Morgan fingerprint density at radius 3 is 2.52 bits per heavy atom. The Morgan fingerprint density at radius 2 is 1.79 bits per heavy atom. The van der Waals surface area contributed by atoms with Crippen LogP contribution in [0.25, 0.3) is 10.8 Å². The van der Waals surface area contributed by atoms with Crippen LogP contribution in [0.5, 0.6) is 5.75 Å². The predicted octanol–water partition coefficient (Wildman–Crippen LogP) is 2.88.